The van der Waals surface area contributed by atoms with Crippen LogP contribution in [0, 0.1) is 5.82 Å². The number of rotatable bonds is 4. The summed E-state index contributed by atoms with van der Waals surface area (Å²) in [5, 5.41) is 9.23. The molecule has 8 heteroatoms. The highest BCUT2D eigenvalue weighted by Crippen LogP contribution is 2.40. The van der Waals surface area contributed by atoms with Crippen molar-refractivity contribution in [1.29, 1.82) is 0 Å². The monoisotopic (exact) mass is 440 g/mol. The predicted octanol–water partition coefficient (Wildman–Crippen LogP) is 5.38. The second-order valence-corrected chi connectivity index (χ2v) is 8.64. The molecule has 1 atom stereocenters. The first-order valence-electron chi connectivity index (χ1n) is 9.71. The van der Waals surface area contributed by atoms with E-state index in [0.717, 1.165) is 24.1 Å². The lowest BCUT2D eigenvalue weighted by atomic mass is 9.85. The molecule has 1 aromatic heterocycles. The summed E-state index contributed by atoms with van der Waals surface area (Å²) in [6.45, 7) is 0. The molecular weight excluding hydrogens is 423 g/mol. The molecule has 3 aromatic rings. The van der Waals surface area contributed by atoms with Crippen LogP contribution >= 0.6 is 23.4 Å². The number of Topliss-reactive ketones (excluding diaryl/α,β-unsaturated/α-hetero) is 1. The fraction of sp³-hybridized carbons (Fsp3) is 0.227. The van der Waals surface area contributed by atoms with Gasteiger partial charge in [0.05, 0.1) is 0 Å². The van der Waals surface area contributed by atoms with Crippen molar-refractivity contribution in [2.75, 3.05) is 5.32 Å². The van der Waals surface area contributed by atoms with Gasteiger partial charge in [0.2, 0.25) is 11.1 Å². The summed E-state index contributed by atoms with van der Waals surface area (Å²) in [4.78, 5) is 17.4. The highest BCUT2D eigenvalue weighted by molar-refractivity contribution is 7.98. The van der Waals surface area contributed by atoms with E-state index in [2.05, 4.69) is 15.4 Å². The Kier molecular flexibility index (Phi) is 5.08. The Morgan fingerprint density at radius 3 is 2.90 bits per heavy atom. The number of hydrogen-bond acceptors (Lipinski definition) is 5. The SMILES string of the molecule is O=C1CCCC2=C1C(c1cccc(F)c1)n1nc(SCc3ccccc3Cl)nc1N2. The fourth-order valence-electron chi connectivity index (χ4n) is 3.94. The quantitative estimate of drug-likeness (QED) is 0.551. The Balaban J connectivity index is 1.52. The van der Waals surface area contributed by atoms with E-state index in [1.54, 1.807) is 10.7 Å². The summed E-state index contributed by atoms with van der Waals surface area (Å²) in [7, 11) is 0. The van der Waals surface area contributed by atoms with Crippen molar-refractivity contribution in [1.82, 2.24) is 14.8 Å². The van der Waals surface area contributed by atoms with Crippen LogP contribution in [0.5, 0.6) is 0 Å². The minimum absolute atomic E-state index is 0.0735. The van der Waals surface area contributed by atoms with Crippen LogP contribution < -0.4 is 5.32 Å². The van der Waals surface area contributed by atoms with Gasteiger partial charge in [-0.05, 0) is 42.2 Å². The Morgan fingerprint density at radius 1 is 1.20 bits per heavy atom. The summed E-state index contributed by atoms with van der Waals surface area (Å²) in [6, 6.07) is 13.5. The van der Waals surface area contributed by atoms with Crippen molar-refractivity contribution < 1.29 is 9.18 Å². The molecule has 1 aliphatic carbocycles. The van der Waals surface area contributed by atoms with Crippen molar-refractivity contribution in [3.8, 4) is 0 Å². The number of halogens is 2. The van der Waals surface area contributed by atoms with Gasteiger partial charge in [0.15, 0.2) is 5.78 Å². The van der Waals surface area contributed by atoms with Crippen molar-refractivity contribution in [2.24, 2.45) is 0 Å². The van der Waals surface area contributed by atoms with Gasteiger partial charge >= 0.3 is 0 Å². The standard InChI is InChI=1S/C22H18ClFN4OS/c23-16-8-2-1-5-14(16)12-30-22-26-21-25-17-9-4-10-18(29)19(17)20(28(21)27-22)13-6-3-7-15(24)11-13/h1-3,5-8,11,20H,4,9-10,12H2,(H,25,26,27). The summed E-state index contributed by atoms with van der Waals surface area (Å²) in [5.74, 6) is 0.926. The third kappa shape index (κ3) is 3.52. The van der Waals surface area contributed by atoms with E-state index in [1.165, 1.54) is 23.9 Å². The van der Waals surface area contributed by atoms with E-state index in [-0.39, 0.29) is 11.6 Å². The molecule has 0 radical (unpaired) electrons. The molecule has 0 spiro atoms. The van der Waals surface area contributed by atoms with Crippen LogP contribution in [-0.4, -0.2) is 20.5 Å². The van der Waals surface area contributed by atoms with Gasteiger partial charge in [0.25, 0.3) is 0 Å². The van der Waals surface area contributed by atoms with Crippen molar-refractivity contribution in [2.45, 2.75) is 36.2 Å². The van der Waals surface area contributed by atoms with Crippen LogP contribution in [-0.2, 0) is 10.5 Å². The Morgan fingerprint density at radius 2 is 2.07 bits per heavy atom. The number of fused-ring (bicyclic) bond motifs is 1. The first-order chi connectivity index (χ1) is 14.6. The number of thioether (sulfide) groups is 1. The average Bonchev–Trinajstić information content (AvgIpc) is 3.14. The molecule has 0 bridgehead atoms. The second-order valence-electron chi connectivity index (χ2n) is 7.29. The van der Waals surface area contributed by atoms with E-state index < -0.39 is 6.04 Å². The first-order valence-corrected chi connectivity index (χ1v) is 11.1. The molecule has 1 unspecified atom stereocenters. The molecule has 0 amide bonds. The molecule has 2 aromatic carbocycles. The molecule has 2 aliphatic rings. The molecule has 5 nitrogen and oxygen atoms in total. The summed E-state index contributed by atoms with van der Waals surface area (Å²) in [6.07, 6.45) is 2.05. The number of carbonyl (C=O) groups excluding carboxylic acids is 1. The van der Waals surface area contributed by atoms with Crippen LogP contribution in [0.15, 0.2) is 65.0 Å². The maximum atomic E-state index is 14.0. The number of benzene rings is 2. The van der Waals surface area contributed by atoms with E-state index in [4.69, 9.17) is 11.6 Å². The largest absolute Gasteiger partial charge is 0.328 e. The zero-order valence-electron chi connectivity index (χ0n) is 15.9. The average molecular weight is 441 g/mol. The van der Waals surface area contributed by atoms with Crippen molar-refractivity contribution in [3.63, 3.8) is 0 Å². The highest BCUT2D eigenvalue weighted by atomic mass is 35.5. The zero-order valence-corrected chi connectivity index (χ0v) is 17.5. The molecule has 0 saturated carbocycles. The number of hydrogen-bond donors (Lipinski definition) is 1. The predicted molar refractivity (Wildman–Crippen MR) is 115 cm³/mol. The Hall–Kier alpha value is -2.64. The molecule has 0 fully saturated rings. The molecule has 1 N–H and O–H groups in total. The topological polar surface area (TPSA) is 59.8 Å². The summed E-state index contributed by atoms with van der Waals surface area (Å²) in [5.41, 5.74) is 3.21. The number of anilines is 1. The van der Waals surface area contributed by atoms with Crippen LogP contribution in [0.2, 0.25) is 5.02 Å². The lowest BCUT2D eigenvalue weighted by Crippen LogP contribution is -2.31. The number of ketones is 1. The highest BCUT2D eigenvalue weighted by Gasteiger charge is 2.36. The van der Waals surface area contributed by atoms with Crippen molar-refractivity contribution >= 4 is 35.1 Å². The molecular formula is C22H18ClFN4OS. The van der Waals surface area contributed by atoms with Gasteiger partial charge in [-0.15, -0.1) is 5.10 Å². The third-order valence-corrected chi connectivity index (χ3v) is 6.58. The molecule has 2 heterocycles. The number of nitrogens with zero attached hydrogens (tertiary/aromatic N) is 3. The molecule has 0 saturated heterocycles. The van der Waals surface area contributed by atoms with Crippen LogP contribution in [0.1, 0.15) is 36.4 Å². The van der Waals surface area contributed by atoms with Gasteiger partial charge in [-0.3, -0.25) is 4.79 Å². The van der Waals surface area contributed by atoms with E-state index in [0.29, 0.717) is 39.4 Å². The minimum Gasteiger partial charge on any atom is -0.328 e. The number of allylic oxidation sites excluding steroid dienone is 2. The lowest BCUT2D eigenvalue weighted by Gasteiger charge is -2.32. The fourth-order valence-corrected chi connectivity index (χ4v) is 5.06. The molecule has 152 valence electrons. The van der Waals surface area contributed by atoms with Gasteiger partial charge in [0.1, 0.15) is 11.9 Å². The normalized spacial score (nSPS) is 18.1. The molecule has 30 heavy (non-hydrogen) atoms. The minimum atomic E-state index is -0.484. The zero-order chi connectivity index (χ0) is 20.7. The van der Waals surface area contributed by atoms with E-state index >= 15 is 0 Å². The summed E-state index contributed by atoms with van der Waals surface area (Å²) >= 11 is 7.73. The van der Waals surface area contributed by atoms with Gasteiger partial charge in [-0.2, -0.15) is 4.98 Å². The van der Waals surface area contributed by atoms with E-state index in [1.807, 2.05) is 30.3 Å². The number of nitrogens with one attached hydrogen (secondary N) is 1. The van der Waals surface area contributed by atoms with Crippen LogP contribution in [0.3, 0.4) is 0 Å². The molecule has 5 rings (SSSR count). The number of carbonyl (C=O) groups is 1. The first kappa shape index (κ1) is 19.3. The Bertz CT molecular complexity index is 1180. The molecule has 1 aliphatic heterocycles. The smallest absolute Gasteiger partial charge is 0.227 e. The van der Waals surface area contributed by atoms with E-state index in [9.17, 15) is 9.18 Å². The van der Waals surface area contributed by atoms with Gasteiger partial charge < -0.3 is 5.32 Å². The Labute approximate surface area is 182 Å². The van der Waals surface area contributed by atoms with Gasteiger partial charge in [0, 0.05) is 28.5 Å². The third-order valence-electron chi connectivity index (χ3n) is 5.33. The van der Waals surface area contributed by atoms with Crippen molar-refractivity contribution in [3.05, 3.63) is 81.8 Å². The van der Waals surface area contributed by atoms with Gasteiger partial charge in [-0.25, -0.2) is 9.07 Å². The summed E-state index contributed by atoms with van der Waals surface area (Å²) < 4.78 is 15.7. The van der Waals surface area contributed by atoms with Crippen LogP contribution in [0.4, 0.5) is 10.3 Å². The number of aromatic nitrogens is 3. The second kappa shape index (κ2) is 7.89. The lowest BCUT2D eigenvalue weighted by molar-refractivity contribution is -0.116. The maximum Gasteiger partial charge on any atom is 0.227 e. The van der Waals surface area contributed by atoms with Gasteiger partial charge in [-0.1, -0.05) is 53.7 Å². The maximum absolute atomic E-state index is 14.0. The van der Waals surface area contributed by atoms with Crippen LogP contribution in [0.25, 0.3) is 0 Å².